The van der Waals surface area contributed by atoms with E-state index < -0.39 is 0 Å². The van der Waals surface area contributed by atoms with Crippen LogP contribution >= 0.6 is 11.6 Å². The molecule has 3 nitrogen and oxygen atoms in total. The van der Waals surface area contributed by atoms with Gasteiger partial charge in [0, 0.05) is 11.3 Å². The maximum atomic E-state index is 6.11. The molecule has 4 heteroatoms. The standard InChI is InChI=1S/C16H19ClN2O/c1-10(2)7-13-9-15(17)19-16(18-13)12-5-6-14(20-4)11(3)8-12/h5-6,8-10H,7H2,1-4H3. The van der Waals surface area contributed by atoms with Crippen LogP contribution in [0.3, 0.4) is 0 Å². The van der Waals surface area contributed by atoms with Gasteiger partial charge in [-0.25, -0.2) is 9.97 Å². The van der Waals surface area contributed by atoms with Crippen molar-refractivity contribution in [2.45, 2.75) is 27.2 Å². The second-order valence-electron chi connectivity index (χ2n) is 5.29. The molecule has 0 unspecified atom stereocenters. The van der Waals surface area contributed by atoms with Crippen LogP contribution in [0.4, 0.5) is 0 Å². The van der Waals surface area contributed by atoms with Gasteiger partial charge in [-0.1, -0.05) is 25.4 Å². The van der Waals surface area contributed by atoms with Crippen molar-refractivity contribution in [3.63, 3.8) is 0 Å². The summed E-state index contributed by atoms with van der Waals surface area (Å²) in [6, 6.07) is 7.73. The molecule has 0 aliphatic heterocycles. The summed E-state index contributed by atoms with van der Waals surface area (Å²) < 4.78 is 5.27. The molecule has 2 aromatic rings. The molecule has 0 saturated heterocycles. The third kappa shape index (κ3) is 3.48. The number of aryl methyl sites for hydroxylation is 1. The van der Waals surface area contributed by atoms with E-state index in [1.54, 1.807) is 7.11 Å². The lowest BCUT2D eigenvalue weighted by molar-refractivity contribution is 0.412. The number of rotatable bonds is 4. The number of halogens is 1. The molecule has 2 rings (SSSR count). The molecule has 0 bridgehead atoms. The summed E-state index contributed by atoms with van der Waals surface area (Å²) in [7, 11) is 1.67. The summed E-state index contributed by atoms with van der Waals surface area (Å²) in [6.07, 6.45) is 0.893. The fourth-order valence-corrected chi connectivity index (χ4v) is 2.34. The Kier molecular flexibility index (Phi) is 4.61. The molecule has 0 aliphatic rings. The molecule has 0 atom stereocenters. The van der Waals surface area contributed by atoms with Crippen LogP contribution in [-0.2, 0) is 6.42 Å². The van der Waals surface area contributed by atoms with Crippen molar-refractivity contribution in [1.29, 1.82) is 0 Å². The predicted molar refractivity (Wildman–Crippen MR) is 82.3 cm³/mol. The molecule has 0 amide bonds. The lowest BCUT2D eigenvalue weighted by Crippen LogP contribution is -2.01. The van der Waals surface area contributed by atoms with Gasteiger partial charge in [-0.05, 0) is 49.1 Å². The van der Waals surface area contributed by atoms with Gasteiger partial charge in [0.05, 0.1) is 7.11 Å². The second-order valence-corrected chi connectivity index (χ2v) is 5.68. The summed E-state index contributed by atoms with van der Waals surface area (Å²) >= 11 is 6.11. The Hall–Kier alpha value is -1.61. The first-order valence-corrected chi connectivity index (χ1v) is 7.06. The van der Waals surface area contributed by atoms with Gasteiger partial charge in [0.1, 0.15) is 10.9 Å². The molecular formula is C16H19ClN2O. The number of aromatic nitrogens is 2. The highest BCUT2D eigenvalue weighted by atomic mass is 35.5. The zero-order chi connectivity index (χ0) is 14.7. The molecule has 1 aromatic carbocycles. The minimum atomic E-state index is 0.485. The average Bonchev–Trinajstić information content (AvgIpc) is 2.37. The number of benzene rings is 1. The number of ether oxygens (including phenoxy) is 1. The molecule has 0 N–H and O–H groups in total. The molecule has 1 aromatic heterocycles. The fraction of sp³-hybridized carbons (Fsp3) is 0.375. The Labute approximate surface area is 125 Å². The van der Waals surface area contributed by atoms with E-state index in [1.165, 1.54) is 0 Å². The molecule has 0 saturated carbocycles. The van der Waals surface area contributed by atoms with Crippen LogP contribution in [-0.4, -0.2) is 17.1 Å². The van der Waals surface area contributed by atoms with E-state index in [2.05, 4.69) is 23.8 Å². The zero-order valence-corrected chi connectivity index (χ0v) is 13.0. The molecule has 20 heavy (non-hydrogen) atoms. The smallest absolute Gasteiger partial charge is 0.161 e. The molecule has 106 valence electrons. The Balaban J connectivity index is 2.41. The zero-order valence-electron chi connectivity index (χ0n) is 12.3. The van der Waals surface area contributed by atoms with Gasteiger partial charge in [0.15, 0.2) is 5.82 Å². The molecule has 0 radical (unpaired) electrons. The Bertz CT molecular complexity index is 611. The number of hydrogen-bond donors (Lipinski definition) is 0. The van der Waals surface area contributed by atoms with E-state index in [-0.39, 0.29) is 0 Å². The monoisotopic (exact) mass is 290 g/mol. The van der Waals surface area contributed by atoms with E-state index in [4.69, 9.17) is 16.3 Å². The SMILES string of the molecule is COc1ccc(-c2nc(Cl)cc(CC(C)C)n2)cc1C. The molecule has 0 spiro atoms. The minimum Gasteiger partial charge on any atom is -0.496 e. The molecule has 0 aliphatic carbocycles. The summed E-state index contributed by atoms with van der Waals surface area (Å²) in [4.78, 5) is 8.93. The quantitative estimate of drug-likeness (QED) is 0.787. The first-order valence-electron chi connectivity index (χ1n) is 6.68. The Morgan fingerprint density at radius 2 is 1.95 bits per heavy atom. The lowest BCUT2D eigenvalue weighted by atomic mass is 10.1. The van der Waals surface area contributed by atoms with Crippen LogP contribution in [0.25, 0.3) is 11.4 Å². The second kappa shape index (κ2) is 6.23. The summed E-state index contributed by atoms with van der Waals surface area (Å²) in [6.45, 7) is 6.32. The van der Waals surface area contributed by atoms with Gasteiger partial charge < -0.3 is 4.74 Å². The van der Waals surface area contributed by atoms with Gasteiger partial charge in [0.2, 0.25) is 0 Å². The number of hydrogen-bond acceptors (Lipinski definition) is 3. The van der Waals surface area contributed by atoms with Crippen molar-refractivity contribution in [2.24, 2.45) is 5.92 Å². The maximum absolute atomic E-state index is 6.11. The molecule has 0 fully saturated rings. The van der Waals surface area contributed by atoms with Crippen LogP contribution in [0.1, 0.15) is 25.1 Å². The topological polar surface area (TPSA) is 35.0 Å². The van der Waals surface area contributed by atoms with Crippen LogP contribution in [0, 0.1) is 12.8 Å². The highest BCUT2D eigenvalue weighted by molar-refractivity contribution is 6.29. The van der Waals surface area contributed by atoms with Crippen LogP contribution in [0.5, 0.6) is 5.75 Å². The summed E-state index contributed by atoms with van der Waals surface area (Å²) in [5.41, 5.74) is 2.98. The van der Waals surface area contributed by atoms with E-state index in [0.717, 1.165) is 29.0 Å². The summed E-state index contributed by atoms with van der Waals surface area (Å²) in [5, 5.41) is 0.485. The van der Waals surface area contributed by atoms with E-state index >= 15 is 0 Å². The van der Waals surface area contributed by atoms with Gasteiger partial charge in [-0.2, -0.15) is 0 Å². The normalized spacial score (nSPS) is 10.9. The van der Waals surface area contributed by atoms with E-state index in [0.29, 0.717) is 16.9 Å². The van der Waals surface area contributed by atoms with Crippen molar-refractivity contribution < 1.29 is 4.74 Å². The highest BCUT2D eigenvalue weighted by Crippen LogP contribution is 2.25. The minimum absolute atomic E-state index is 0.485. The van der Waals surface area contributed by atoms with Gasteiger partial charge in [0.25, 0.3) is 0 Å². The van der Waals surface area contributed by atoms with Crippen LogP contribution in [0.15, 0.2) is 24.3 Å². The van der Waals surface area contributed by atoms with E-state index in [9.17, 15) is 0 Å². The Morgan fingerprint density at radius 1 is 1.20 bits per heavy atom. The number of nitrogens with zero attached hydrogens (tertiary/aromatic N) is 2. The van der Waals surface area contributed by atoms with Gasteiger partial charge >= 0.3 is 0 Å². The third-order valence-corrected chi connectivity index (χ3v) is 3.21. The van der Waals surface area contributed by atoms with Crippen molar-refractivity contribution in [3.05, 3.63) is 40.7 Å². The first kappa shape index (κ1) is 14.8. The Morgan fingerprint density at radius 3 is 2.55 bits per heavy atom. The van der Waals surface area contributed by atoms with Crippen molar-refractivity contribution in [3.8, 4) is 17.1 Å². The van der Waals surface area contributed by atoms with Crippen molar-refractivity contribution >= 4 is 11.6 Å². The first-order chi connectivity index (χ1) is 9.49. The van der Waals surface area contributed by atoms with Crippen LogP contribution < -0.4 is 4.74 Å². The van der Waals surface area contributed by atoms with Crippen molar-refractivity contribution in [2.75, 3.05) is 7.11 Å². The van der Waals surface area contributed by atoms with E-state index in [1.807, 2.05) is 31.2 Å². The van der Waals surface area contributed by atoms with Crippen LogP contribution in [0.2, 0.25) is 5.15 Å². The maximum Gasteiger partial charge on any atom is 0.161 e. The largest absolute Gasteiger partial charge is 0.496 e. The third-order valence-electron chi connectivity index (χ3n) is 3.02. The molecule has 1 heterocycles. The van der Waals surface area contributed by atoms with Gasteiger partial charge in [-0.15, -0.1) is 0 Å². The van der Waals surface area contributed by atoms with Crippen molar-refractivity contribution in [1.82, 2.24) is 9.97 Å². The summed E-state index contributed by atoms with van der Waals surface area (Å²) in [5.74, 6) is 2.06. The molecular weight excluding hydrogens is 272 g/mol. The van der Waals surface area contributed by atoms with Gasteiger partial charge in [-0.3, -0.25) is 0 Å². The highest BCUT2D eigenvalue weighted by Gasteiger charge is 2.09. The average molecular weight is 291 g/mol. The lowest BCUT2D eigenvalue weighted by Gasteiger charge is -2.09. The predicted octanol–water partition coefficient (Wildman–Crippen LogP) is 4.31. The fourth-order valence-electron chi connectivity index (χ4n) is 2.13. The number of methoxy groups -OCH3 is 1.